The quantitative estimate of drug-likeness (QED) is 0.788. The summed E-state index contributed by atoms with van der Waals surface area (Å²) in [6.07, 6.45) is 2.55. The van der Waals surface area contributed by atoms with E-state index in [1.54, 1.807) is 0 Å². The second-order valence-electron chi connectivity index (χ2n) is 5.71. The number of nitrogens with two attached hydrogens (primary N) is 1. The largest absolute Gasteiger partial charge is 0.329 e. The maximum absolute atomic E-state index is 5.93. The monoisotopic (exact) mass is 227 g/mol. The second kappa shape index (κ2) is 6.58. The number of likely N-dealkylation sites (N-methyl/N-ethyl adjacent to an activating group) is 1. The summed E-state index contributed by atoms with van der Waals surface area (Å²) in [5, 5.41) is 0. The van der Waals surface area contributed by atoms with Gasteiger partial charge in [0.2, 0.25) is 0 Å². The third-order valence-corrected chi connectivity index (χ3v) is 3.72. The maximum Gasteiger partial charge on any atom is 0.0348 e. The minimum atomic E-state index is 0.543. The molecule has 0 saturated carbocycles. The Labute approximate surface area is 101 Å². The van der Waals surface area contributed by atoms with Crippen molar-refractivity contribution in [1.82, 2.24) is 9.80 Å². The van der Waals surface area contributed by atoms with Gasteiger partial charge in [-0.15, -0.1) is 0 Å². The molecule has 2 atom stereocenters. The van der Waals surface area contributed by atoms with Gasteiger partial charge in [0, 0.05) is 25.2 Å². The zero-order valence-electron chi connectivity index (χ0n) is 11.4. The van der Waals surface area contributed by atoms with Crippen molar-refractivity contribution in [1.29, 1.82) is 0 Å². The summed E-state index contributed by atoms with van der Waals surface area (Å²) in [5.41, 5.74) is 5.93. The van der Waals surface area contributed by atoms with Crippen LogP contribution in [0.5, 0.6) is 0 Å². The van der Waals surface area contributed by atoms with Crippen molar-refractivity contribution in [2.45, 2.75) is 45.7 Å². The van der Waals surface area contributed by atoms with Crippen molar-refractivity contribution in [3.05, 3.63) is 0 Å². The zero-order valence-corrected chi connectivity index (χ0v) is 11.4. The predicted octanol–water partition coefficient (Wildman–Crippen LogP) is 1.39. The van der Waals surface area contributed by atoms with Crippen LogP contribution in [0.1, 0.15) is 33.6 Å². The summed E-state index contributed by atoms with van der Waals surface area (Å²) < 4.78 is 0. The third kappa shape index (κ3) is 4.04. The van der Waals surface area contributed by atoms with Gasteiger partial charge in [-0.3, -0.25) is 4.90 Å². The Morgan fingerprint density at radius 3 is 2.62 bits per heavy atom. The van der Waals surface area contributed by atoms with Crippen molar-refractivity contribution in [3.8, 4) is 0 Å². The molecule has 2 N–H and O–H groups in total. The molecule has 1 aliphatic heterocycles. The minimum Gasteiger partial charge on any atom is -0.329 e. The first-order chi connectivity index (χ1) is 7.54. The Bertz CT molecular complexity index is 194. The van der Waals surface area contributed by atoms with Crippen LogP contribution < -0.4 is 5.73 Å². The molecule has 96 valence electrons. The first-order valence-electron chi connectivity index (χ1n) is 6.69. The lowest BCUT2D eigenvalue weighted by Crippen LogP contribution is -2.48. The molecular weight excluding hydrogens is 198 g/mol. The van der Waals surface area contributed by atoms with Crippen LogP contribution in [-0.2, 0) is 0 Å². The van der Waals surface area contributed by atoms with Gasteiger partial charge in [-0.25, -0.2) is 0 Å². The van der Waals surface area contributed by atoms with E-state index in [0.717, 1.165) is 19.0 Å². The molecule has 1 aliphatic rings. The lowest BCUT2D eigenvalue weighted by atomic mass is 10.1. The topological polar surface area (TPSA) is 32.5 Å². The summed E-state index contributed by atoms with van der Waals surface area (Å²) in [6, 6.07) is 1.22. The predicted molar refractivity (Wildman–Crippen MR) is 70.6 cm³/mol. The van der Waals surface area contributed by atoms with Crippen molar-refractivity contribution >= 4 is 0 Å². The summed E-state index contributed by atoms with van der Waals surface area (Å²) in [7, 11) is 2.21. The maximum atomic E-state index is 5.93. The fourth-order valence-corrected chi connectivity index (χ4v) is 2.51. The van der Waals surface area contributed by atoms with Gasteiger partial charge in [-0.05, 0) is 45.8 Å². The molecule has 1 fully saturated rings. The first-order valence-corrected chi connectivity index (χ1v) is 6.69. The molecule has 16 heavy (non-hydrogen) atoms. The molecule has 1 heterocycles. The molecule has 0 aromatic carbocycles. The summed E-state index contributed by atoms with van der Waals surface area (Å²) in [5.74, 6) is 0.784. The standard InChI is InChI=1S/C13H29N3/c1-11(2)5-8-16-12(3)6-7-15(4)10-13(16)9-14/h11-13H,5-10,14H2,1-4H3. The van der Waals surface area contributed by atoms with Crippen molar-refractivity contribution < 1.29 is 0 Å². The highest BCUT2D eigenvalue weighted by Gasteiger charge is 2.26. The van der Waals surface area contributed by atoms with E-state index in [-0.39, 0.29) is 0 Å². The molecule has 0 aliphatic carbocycles. The van der Waals surface area contributed by atoms with Crippen LogP contribution in [0.3, 0.4) is 0 Å². The van der Waals surface area contributed by atoms with Crippen LogP contribution in [0.2, 0.25) is 0 Å². The van der Waals surface area contributed by atoms with Gasteiger partial charge in [-0.1, -0.05) is 13.8 Å². The average molecular weight is 227 g/mol. The van der Waals surface area contributed by atoms with Crippen LogP contribution in [0.4, 0.5) is 0 Å². The number of hydrogen-bond acceptors (Lipinski definition) is 3. The third-order valence-electron chi connectivity index (χ3n) is 3.72. The molecule has 0 radical (unpaired) electrons. The summed E-state index contributed by atoms with van der Waals surface area (Å²) in [6.45, 7) is 11.3. The second-order valence-corrected chi connectivity index (χ2v) is 5.71. The Balaban J connectivity index is 2.59. The fourth-order valence-electron chi connectivity index (χ4n) is 2.51. The molecule has 0 spiro atoms. The lowest BCUT2D eigenvalue weighted by molar-refractivity contribution is 0.141. The molecule has 0 amide bonds. The van der Waals surface area contributed by atoms with Gasteiger partial charge in [0.25, 0.3) is 0 Å². The molecule has 3 nitrogen and oxygen atoms in total. The van der Waals surface area contributed by atoms with Crippen molar-refractivity contribution in [2.75, 3.05) is 33.2 Å². The van der Waals surface area contributed by atoms with Gasteiger partial charge in [0.15, 0.2) is 0 Å². The average Bonchev–Trinajstić information content (AvgIpc) is 2.36. The van der Waals surface area contributed by atoms with E-state index in [9.17, 15) is 0 Å². The lowest BCUT2D eigenvalue weighted by Gasteiger charge is -2.34. The number of rotatable bonds is 4. The van der Waals surface area contributed by atoms with Crippen molar-refractivity contribution in [3.63, 3.8) is 0 Å². The SMILES string of the molecule is CC(C)CCN1C(C)CCN(C)CC1CN. The van der Waals surface area contributed by atoms with Crippen molar-refractivity contribution in [2.24, 2.45) is 11.7 Å². The van der Waals surface area contributed by atoms with Gasteiger partial charge >= 0.3 is 0 Å². The molecule has 3 heteroatoms. The fraction of sp³-hybridized carbons (Fsp3) is 1.00. The Morgan fingerprint density at radius 1 is 1.38 bits per heavy atom. The highest BCUT2D eigenvalue weighted by molar-refractivity contribution is 4.84. The van der Waals surface area contributed by atoms with Gasteiger partial charge < -0.3 is 10.6 Å². The Kier molecular flexibility index (Phi) is 5.73. The molecular formula is C13H29N3. The molecule has 0 aromatic heterocycles. The van der Waals surface area contributed by atoms with E-state index < -0.39 is 0 Å². The van der Waals surface area contributed by atoms with E-state index in [4.69, 9.17) is 5.73 Å². The van der Waals surface area contributed by atoms with Crippen LogP contribution in [0.25, 0.3) is 0 Å². The number of nitrogens with zero attached hydrogens (tertiary/aromatic N) is 2. The van der Waals surface area contributed by atoms with E-state index in [0.29, 0.717) is 12.1 Å². The molecule has 1 saturated heterocycles. The van der Waals surface area contributed by atoms with E-state index in [2.05, 4.69) is 37.6 Å². The van der Waals surface area contributed by atoms with E-state index in [1.807, 2.05) is 0 Å². The zero-order chi connectivity index (χ0) is 12.1. The Hall–Kier alpha value is -0.120. The van der Waals surface area contributed by atoms with Gasteiger partial charge in [-0.2, -0.15) is 0 Å². The van der Waals surface area contributed by atoms with Crippen LogP contribution in [-0.4, -0.2) is 55.1 Å². The van der Waals surface area contributed by atoms with Gasteiger partial charge in [0.1, 0.15) is 0 Å². The van der Waals surface area contributed by atoms with Crippen LogP contribution in [0.15, 0.2) is 0 Å². The van der Waals surface area contributed by atoms with E-state index >= 15 is 0 Å². The molecule has 0 aromatic rings. The molecule has 0 bridgehead atoms. The minimum absolute atomic E-state index is 0.543. The smallest absolute Gasteiger partial charge is 0.0348 e. The van der Waals surface area contributed by atoms with Crippen LogP contribution >= 0.6 is 0 Å². The molecule has 2 unspecified atom stereocenters. The highest BCUT2D eigenvalue weighted by atomic mass is 15.3. The van der Waals surface area contributed by atoms with E-state index in [1.165, 1.54) is 25.9 Å². The normalized spacial score (nSPS) is 29.6. The highest BCUT2D eigenvalue weighted by Crippen LogP contribution is 2.16. The molecule has 1 rings (SSSR count). The Morgan fingerprint density at radius 2 is 2.06 bits per heavy atom. The van der Waals surface area contributed by atoms with Gasteiger partial charge in [0.05, 0.1) is 0 Å². The summed E-state index contributed by atoms with van der Waals surface area (Å²) >= 11 is 0. The number of hydrogen-bond donors (Lipinski definition) is 1. The summed E-state index contributed by atoms with van der Waals surface area (Å²) in [4.78, 5) is 5.05. The first kappa shape index (κ1) is 13.9. The van der Waals surface area contributed by atoms with Crippen LogP contribution in [0, 0.1) is 5.92 Å².